The molecule has 1 aliphatic rings. The number of H-pyrrole nitrogens is 3. The van der Waals surface area contributed by atoms with Crippen molar-refractivity contribution < 1.29 is 4.74 Å². The van der Waals surface area contributed by atoms with Crippen LogP contribution in [0.5, 0.6) is 11.5 Å². The van der Waals surface area contributed by atoms with Gasteiger partial charge in [0.2, 0.25) is 17.8 Å². The molecule has 0 aliphatic heterocycles. The number of rotatable bonds is 14. The first-order chi connectivity index (χ1) is 42.8. The van der Waals surface area contributed by atoms with Gasteiger partial charge in [0.25, 0.3) is 0 Å². The highest BCUT2D eigenvalue weighted by Crippen LogP contribution is 2.36. The Morgan fingerprint density at radius 3 is 1.43 bits per heavy atom. The summed E-state index contributed by atoms with van der Waals surface area (Å²) in [5, 5.41) is 51.4. The van der Waals surface area contributed by atoms with Crippen molar-refractivity contribution in [3.05, 3.63) is 185 Å². The lowest BCUT2D eigenvalue weighted by atomic mass is 9.86. The molecule has 24 heteroatoms. The van der Waals surface area contributed by atoms with Crippen LogP contribution in [-0.2, 0) is 0 Å². The summed E-state index contributed by atoms with van der Waals surface area (Å²) >= 11 is 10.8. The molecule has 10 heterocycles. The number of hydrogen-bond donors (Lipinski definition) is 9. The van der Waals surface area contributed by atoms with Crippen molar-refractivity contribution in [3.8, 4) is 11.5 Å². The summed E-state index contributed by atoms with van der Waals surface area (Å²) in [5.41, 5.74) is 9.46. The molecule has 16 rings (SSSR count). The van der Waals surface area contributed by atoms with Crippen LogP contribution in [0.4, 0.5) is 63.9 Å². The molecule has 0 radical (unpaired) electrons. The quantitative estimate of drug-likeness (QED) is 0.0490. The maximum atomic E-state index is 5.93. The van der Waals surface area contributed by atoms with Crippen molar-refractivity contribution in [2.24, 2.45) is 5.92 Å². The number of benzene rings is 5. The summed E-state index contributed by atoms with van der Waals surface area (Å²) in [6, 6.07) is 45.2. The molecular formula is C63H52ClN19OS3. The molecule has 430 valence electrons. The van der Waals surface area contributed by atoms with Crippen LogP contribution in [0.1, 0.15) is 32.6 Å². The van der Waals surface area contributed by atoms with Crippen LogP contribution in [0.3, 0.4) is 0 Å². The minimum Gasteiger partial charge on any atom is -0.457 e. The van der Waals surface area contributed by atoms with Gasteiger partial charge in [0.05, 0.1) is 65.8 Å². The molecule has 0 amide bonds. The summed E-state index contributed by atoms with van der Waals surface area (Å²) in [6.45, 7) is 2.32. The van der Waals surface area contributed by atoms with Crippen molar-refractivity contribution in [2.75, 3.05) is 31.9 Å². The van der Waals surface area contributed by atoms with Gasteiger partial charge in [0, 0.05) is 56.2 Å². The van der Waals surface area contributed by atoms with Crippen molar-refractivity contribution >= 4 is 173 Å². The molecule has 0 spiro atoms. The van der Waals surface area contributed by atoms with Gasteiger partial charge in [0.15, 0.2) is 17.5 Å². The van der Waals surface area contributed by atoms with Crippen LogP contribution in [0.25, 0.3) is 63.4 Å². The molecule has 1 fully saturated rings. The smallest absolute Gasteiger partial charge is 0.231 e. The highest BCUT2D eigenvalue weighted by molar-refractivity contribution is 7.18. The van der Waals surface area contributed by atoms with Crippen LogP contribution in [0, 0.1) is 5.92 Å². The molecule has 20 nitrogen and oxygen atoms in total. The lowest BCUT2D eigenvalue weighted by molar-refractivity contribution is 0.348. The van der Waals surface area contributed by atoms with Crippen molar-refractivity contribution in [3.63, 3.8) is 0 Å². The fourth-order valence-corrected chi connectivity index (χ4v) is 12.6. The SMILES string of the molecule is CC1CCCCC1Nc1nc(Nc2ccc3[nH]ncc3c2)c2sccc2n1.Clc1ccc(Oc2ccc(Nc3nc(Nc4ccc5[nH]ncc5c4)c4sccc4n3)cc2)cc1.c1ccc(Nc2nc(Nc3ccc4[nH]ncc4c3)c3sccc3n2)nc1. The number of thiophene rings is 3. The van der Waals surface area contributed by atoms with Gasteiger partial charge in [-0.25, -0.2) is 19.9 Å². The molecule has 15 aromatic rings. The molecule has 0 bridgehead atoms. The van der Waals surface area contributed by atoms with E-state index in [1.807, 2.05) is 132 Å². The van der Waals surface area contributed by atoms with Crippen molar-refractivity contribution in [1.82, 2.24) is 65.5 Å². The molecule has 2 unspecified atom stereocenters. The van der Waals surface area contributed by atoms with E-state index in [1.54, 1.807) is 64.7 Å². The molecule has 87 heavy (non-hydrogen) atoms. The zero-order valence-electron chi connectivity index (χ0n) is 46.3. The van der Waals surface area contributed by atoms with Crippen LogP contribution < -0.4 is 36.6 Å². The fourth-order valence-electron chi connectivity index (χ4n) is 10.1. The first-order valence-corrected chi connectivity index (χ1v) is 30.9. The zero-order valence-corrected chi connectivity index (χ0v) is 49.5. The Labute approximate surface area is 513 Å². The van der Waals surface area contributed by atoms with Gasteiger partial charge in [-0.2, -0.15) is 30.2 Å². The van der Waals surface area contributed by atoms with Gasteiger partial charge in [-0.05, 0) is 168 Å². The number of hydrogen-bond acceptors (Lipinski definition) is 20. The minimum absolute atomic E-state index is 0.449. The number of aromatic amines is 3. The van der Waals surface area contributed by atoms with Gasteiger partial charge in [0.1, 0.15) is 17.3 Å². The van der Waals surface area contributed by atoms with Gasteiger partial charge in [-0.1, -0.05) is 37.4 Å². The predicted octanol–water partition coefficient (Wildman–Crippen LogP) is 17.3. The standard InChI is InChI=1S/C25H17ClN6OS.C20H22N6S.C18H13N7S/c26-16-1-6-19(7-2-16)33-20-8-3-17(4-9-20)29-25-30-22-11-12-34-23(22)24(31-25)28-18-5-10-21-15(13-18)14-27-32-21;1-12-4-2-3-5-15(12)23-20-24-17-8-9-27-18(17)19(25-20)22-14-6-7-16-13(10-14)11-21-26-16;1-2-7-19-15(3-1)23-18-22-14-6-8-26-16(14)17(24-18)21-12-4-5-13-11(9-12)10-20-25-13/h1-14H,(H,27,32)(H2,28,29,30,31);6-12,15H,2-5H2,1H3,(H,21,26)(H2,22,23,24,25);1-10H,(H,20,25)(H2,19,21,22,23,24). The molecule has 1 saturated carbocycles. The molecule has 0 saturated heterocycles. The highest BCUT2D eigenvalue weighted by Gasteiger charge is 2.23. The van der Waals surface area contributed by atoms with E-state index in [-0.39, 0.29) is 0 Å². The van der Waals surface area contributed by atoms with Gasteiger partial charge >= 0.3 is 0 Å². The largest absolute Gasteiger partial charge is 0.457 e. The summed E-state index contributed by atoms with van der Waals surface area (Å²) in [5.74, 6) is 6.87. The van der Waals surface area contributed by atoms with Crippen LogP contribution >= 0.6 is 45.6 Å². The highest BCUT2D eigenvalue weighted by atomic mass is 35.5. The second-order valence-electron chi connectivity index (χ2n) is 20.5. The van der Waals surface area contributed by atoms with E-state index in [1.165, 1.54) is 25.7 Å². The molecule has 1 aliphatic carbocycles. The van der Waals surface area contributed by atoms with E-state index >= 15 is 0 Å². The van der Waals surface area contributed by atoms with Crippen molar-refractivity contribution in [2.45, 2.75) is 38.6 Å². The molecule has 9 N–H and O–H groups in total. The summed E-state index contributed by atoms with van der Waals surface area (Å²) < 4.78 is 8.93. The van der Waals surface area contributed by atoms with E-state index in [0.717, 1.165) is 115 Å². The third kappa shape index (κ3) is 12.7. The molecular weight excluding hydrogens is 1170 g/mol. The number of nitrogens with one attached hydrogen (secondary N) is 9. The van der Waals surface area contributed by atoms with E-state index < -0.39 is 0 Å². The Hall–Kier alpha value is -10.3. The molecule has 10 aromatic heterocycles. The van der Waals surface area contributed by atoms with Gasteiger partial charge in [-0.15, -0.1) is 34.0 Å². The Morgan fingerprint density at radius 1 is 0.471 bits per heavy atom. The monoisotopic (exact) mass is 1220 g/mol. The summed E-state index contributed by atoms with van der Waals surface area (Å²) in [4.78, 5) is 32.4. The van der Waals surface area contributed by atoms with Crippen LogP contribution in [0.2, 0.25) is 5.02 Å². The van der Waals surface area contributed by atoms with Crippen LogP contribution in [0.15, 0.2) is 180 Å². The third-order valence-corrected chi connectivity index (χ3v) is 17.5. The Balaban J connectivity index is 0.000000116. The van der Waals surface area contributed by atoms with E-state index in [0.29, 0.717) is 40.6 Å². The number of aromatic nitrogens is 13. The van der Waals surface area contributed by atoms with Gasteiger partial charge < -0.3 is 36.6 Å². The van der Waals surface area contributed by atoms with Gasteiger partial charge in [-0.3, -0.25) is 15.3 Å². The van der Waals surface area contributed by atoms with Crippen molar-refractivity contribution in [1.29, 1.82) is 0 Å². The van der Waals surface area contributed by atoms with Crippen LogP contribution in [-0.4, -0.2) is 71.5 Å². The lowest BCUT2D eigenvalue weighted by Crippen LogP contribution is -2.31. The second kappa shape index (κ2) is 24.7. The number of pyridine rings is 1. The Morgan fingerprint density at radius 2 is 0.931 bits per heavy atom. The number of nitrogens with zero attached hydrogens (tertiary/aromatic N) is 10. The average Bonchev–Trinajstić information content (AvgIpc) is 3.26. The maximum Gasteiger partial charge on any atom is 0.231 e. The maximum absolute atomic E-state index is 5.93. The molecule has 2 atom stereocenters. The lowest BCUT2D eigenvalue weighted by Gasteiger charge is -2.29. The number of ether oxygens (including phenoxy) is 1. The number of fused-ring (bicyclic) bond motifs is 6. The minimum atomic E-state index is 0.449. The van der Waals surface area contributed by atoms with E-state index in [4.69, 9.17) is 31.3 Å². The topological polar surface area (TPSA) is 258 Å². The third-order valence-electron chi connectivity index (χ3n) is 14.5. The Bertz CT molecular complexity index is 4830. The summed E-state index contributed by atoms with van der Waals surface area (Å²) in [6.07, 6.45) is 12.2. The molecule has 5 aromatic carbocycles. The number of halogens is 1. The van der Waals surface area contributed by atoms with E-state index in [2.05, 4.69) is 107 Å². The average molecular weight is 1220 g/mol. The Kier molecular flexibility index (Phi) is 15.5. The first kappa shape index (κ1) is 54.6. The zero-order chi connectivity index (χ0) is 58.5. The number of anilines is 11. The van der Waals surface area contributed by atoms with E-state index in [9.17, 15) is 0 Å². The first-order valence-electron chi connectivity index (χ1n) is 27.9. The second-order valence-corrected chi connectivity index (χ2v) is 23.7. The predicted molar refractivity (Wildman–Crippen MR) is 354 cm³/mol. The normalized spacial score (nSPS) is 13.9. The fraction of sp³-hybridized carbons (Fsp3) is 0.111. The summed E-state index contributed by atoms with van der Waals surface area (Å²) in [7, 11) is 0.